The Morgan fingerprint density at radius 3 is 2.57 bits per heavy atom. The Morgan fingerprint density at radius 2 is 1.90 bits per heavy atom. The summed E-state index contributed by atoms with van der Waals surface area (Å²) < 4.78 is 11.5. The highest BCUT2D eigenvalue weighted by Gasteiger charge is 2.16. The van der Waals surface area contributed by atoms with E-state index in [2.05, 4.69) is 5.32 Å². The molecule has 1 aromatic heterocycles. The summed E-state index contributed by atoms with van der Waals surface area (Å²) in [4.78, 5) is 25.1. The van der Waals surface area contributed by atoms with Crippen molar-refractivity contribution < 1.29 is 19.1 Å². The number of carbonyl (C=O) groups is 1. The normalized spacial score (nSPS) is 12.2. The molecule has 158 valence electrons. The van der Waals surface area contributed by atoms with Gasteiger partial charge in [0, 0.05) is 6.07 Å². The highest BCUT2D eigenvalue weighted by Crippen LogP contribution is 2.26. The molecule has 1 unspecified atom stereocenters. The minimum atomic E-state index is -0.313. The van der Waals surface area contributed by atoms with E-state index in [1.165, 1.54) is 0 Å². The molecule has 0 saturated carbocycles. The second kappa shape index (κ2) is 9.59. The summed E-state index contributed by atoms with van der Waals surface area (Å²) in [6, 6.07) is 14.0. The molecule has 0 aliphatic heterocycles. The number of aliphatic hydroxyl groups is 1. The van der Waals surface area contributed by atoms with Gasteiger partial charge >= 0.3 is 0 Å². The van der Waals surface area contributed by atoms with Crippen LogP contribution in [-0.2, 0) is 4.79 Å². The van der Waals surface area contributed by atoms with Gasteiger partial charge in [-0.05, 0) is 37.0 Å². The van der Waals surface area contributed by atoms with Crippen molar-refractivity contribution >= 4 is 16.9 Å². The Morgan fingerprint density at radius 1 is 1.17 bits per heavy atom. The molecule has 6 nitrogen and oxygen atoms in total. The van der Waals surface area contributed by atoms with Crippen LogP contribution < -0.4 is 15.5 Å². The van der Waals surface area contributed by atoms with Crippen LogP contribution in [0.5, 0.6) is 5.75 Å². The predicted octanol–water partition coefficient (Wildman–Crippen LogP) is 3.67. The molecule has 3 rings (SSSR count). The summed E-state index contributed by atoms with van der Waals surface area (Å²) in [5.74, 6) is 0.993. The molecule has 1 heterocycles. The number of rotatable bonds is 8. The molecule has 0 aliphatic carbocycles. The Balaban J connectivity index is 1.76. The largest absolute Gasteiger partial charge is 0.484 e. The summed E-state index contributed by atoms with van der Waals surface area (Å²) in [7, 11) is 0. The zero-order valence-corrected chi connectivity index (χ0v) is 17.5. The number of nitrogens with one attached hydrogen (secondary N) is 1. The van der Waals surface area contributed by atoms with E-state index in [1.54, 1.807) is 25.1 Å². The third-order valence-corrected chi connectivity index (χ3v) is 4.81. The summed E-state index contributed by atoms with van der Waals surface area (Å²) in [5.41, 5.74) is 1.64. The molecule has 30 heavy (non-hydrogen) atoms. The van der Waals surface area contributed by atoms with Gasteiger partial charge in [0.25, 0.3) is 5.91 Å². The zero-order chi connectivity index (χ0) is 21.7. The molecular weight excluding hydrogens is 382 g/mol. The highest BCUT2D eigenvalue weighted by atomic mass is 16.5. The summed E-state index contributed by atoms with van der Waals surface area (Å²) in [6.45, 7) is 5.51. The summed E-state index contributed by atoms with van der Waals surface area (Å²) in [6.07, 6.45) is 0.687. The first kappa shape index (κ1) is 21.6. The van der Waals surface area contributed by atoms with Gasteiger partial charge in [-0.1, -0.05) is 44.2 Å². The fourth-order valence-electron chi connectivity index (χ4n) is 3.48. The first-order valence-electron chi connectivity index (χ1n) is 10.0. The first-order chi connectivity index (χ1) is 14.4. The van der Waals surface area contributed by atoms with Gasteiger partial charge in [0.05, 0.1) is 23.6 Å². The van der Waals surface area contributed by atoms with E-state index >= 15 is 0 Å². The maximum atomic E-state index is 13.0. The Bertz CT molecular complexity index is 1070. The molecular formula is C24H27NO5. The van der Waals surface area contributed by atoms with E-state index < -0.39 is 0 Å². The molecule has 2 N–H and O–H groups in total. The Kier molecular flexibility index (Phi) is 6.90. The Labute approximate surface area is 175 Å². The maximum absolute atomic E-state index is 13.0. The SMILES string of the molecule is Cc1oc2cc(OCC(=O)NC(CO)CC(C)C)ccc2c(=O)c1-c1ccccc1. The van der Waals surface area contributed by atoms with Gasteiger partial charge in [0.15, 0.2) is 6.61 Å². The number of hydrogen-bond donors (Lipinski definition) is 2. The minimum absolute atomic E-state index is 0.108. The van der Waals surface area contributed by atoms with Crippen molar-refractivity contribution in [1.29, 1.82) is 0 Å². The van der Waals surface area contributed by atoms with E-state index in [1.807, 2.05) is 44.2 Å². The predicted molar refractivity (Wildman–Crippen MR) is 117 cm³/mol. The third kappa shape index (κ3) is 5.07. The van der Waals surface area contributed by atoms with Crippen LogP contribution in [0.4, 0.5) is 0 Å². The van der Waals surface area contributed by atoms with Crippen LogP contribution in [0.2, 0.25) is 0 Å². The van der Waals surface area contributed by atoms with Gasteiger partial charge in [-0.3, -0.25) is 9.59 Å². The molecule has 0 saturated heterocycles. The van der Waals surface area contributed by atoms with E-state index in [0.717, 1.165) is 5.56 Å². The Hall–Kier alpha value is -3.12. The van der Waals surface area contributed by atoms with Crippen LogP contribution in [0, 0.1) is 12.8 Å². The molecule has 6 heteroatoms. The standard InChI is InChI=1S/C24H27NO5/c1-15(2)11-18(13-26)25-22(27)14-29-19-9-10-20-21(12-19)30-16(3)23(24(20)28)17-7-5-4-6-8-17/h4-10,12,15,18,26H,11,13-14H2,1-3H3,(H,25,27). The lowest BCUT2D eigenvalue weighted by Gasteiger charge is -2.18. The van der Waals surface area contributed by atoms with Crippen molar-refractivity contribution in [3.05, 3.63) is 64.5 Å². The molecule has 0 fully saturated rings. The van der Waals surface area contributed by atoms with Crippen molar-refractivity contribution in [2.24, 2.45) is 5.92 Å². The van der Waals surface area contributed by atoms with Gasteiger partial charge in [0.2, 0.25) is 5.43 Å². The van der Waals surface area contributed by atoms with Gasteiger partial charge < -0.3 is 19.6 Å². The van der Waals surface area contributed by atoms with E-state index in [0.29, 0.717) is 40.4 Å². The van der Waals surface area contributed by atoms with Crippen molar-refractivity contribution in [3.63, 3.8) is 0 Å². The van der Waals surface area contributed by atoms with Gasteiger partial charge in [-0.2, -0.15) is 0 Å². The van der Waals surface area contributed by atoms with Crippen molar-refractivity contribution in [2.45, 2.75) is 33.2 Å². The lowest BCUT2D eigenvalue weighted by molar-refractivity contribution is -0.124. The number of carbonyl (C=O) groups excluding carboxylic acids is 1. The van der Waals surface area contributed by atoms with Gasteiger partial charge in [0.1, 0.15) is 17.1 Å². The molecule has 0 spiro atoms. The number of ether oxygens (including phenoxy) is 1. The monoisotopic (exact) mass is 409 g/mol. The fourth-order valence-corrected chi connectivity index (χ4v) is 3.48. The summed E-state index contributed by atoms with van der Waals surface area (Å²) in [5, 5.41) is 12.6. The molecule has 2 aromatic carbocycles. The zero-order valence-electron chi connectivity index (χ0n) is 17.5. The maximum Gasteiger partial charge on any atom is 0.258 e. The van der Waals surface area contributed by atoms with Crippen molar-refractivity contribution in [2.75, 3.05) is 13.2 Å². The van der Waals surface area contributed by atoms with Crippen LogP contribution in [0.25, 0.3) is 22.1 Å². The lowest BCUT2D eigenvalue weighted by atomic mass is 10.0. The lowest BCUT2D eigenvalue weighted by Crippen LogP contribution is -2.40. The molecule has 0 aliphatic rings. The second-order valence-electron chi connectivity index (χ2n) is 7.75. The van der Waals surface area contributed by atoms with Crippen molar-refractivity contribution in [1.82, 2.24) is 5.32 Å². The molecule has 1 atom stereocenters. The first-order valence-corrected chi connectivity index (χ1v) is 10.0. The average molecular weight is 409 g/mol. The van der Waals surface area contributed by atoms with Crippen LogP contribution in [-0.4, -0.2) is 30.3 Å². The summed E-state index contributed by atoms with van der Waals surface area (Å²) >= 11 is 0. The van der Waals surface area contributed by atoms with Crippen LogP contribution in [0.15, 0.2) is 57.7 Å². The van der Waals surface area contributed by atoms with Crippen LogP contribution in [0.1, 0.15) is 26.0 Å². The number of hydrogen-bond acceptors (Lipinski definition) is 5. The van der Waals surface area contributed by atoms with Crippen LogP contribution in [0.3, 0.4) is 0 Å². The van der Waals surface area contributed by atoms with Gasteiger partial charge in [-0.15, -0.1) is 0 Å². The third-order valence-electron chi connectivity index (χ3n) is 4.81. The molecule has 0 radical (unpaired) electrons. The smallest absolute Gasteiger partial charge is 0.258 e. The fraction of sp³-hybridized carbons (Fsp3) is 0.333. The minimum Gasteiger partial charge on any atom is -0.484 e. The van der Waals surface area contributed by atoms with E-state index in [9.17, 15) is 14.7 Å². The average Bonchev–Trinajstić information content (AvgIpc) is 2.72. The second-order valence-corrected chi connectivity index (χ2v) is 7.75. The molecule has 1 amide bonds. The quantitative estimate of drug-likeness (QED) is 0.593. The molecule has 3 aromatic rings. The number of aliphatic hydroxyl groups excluding tert-OH is 1. The molecule has 0 bridgehead atoms. The number of amides is 1. The van der Waals surface area contributed by atoms with Crippen LogP contribution >= 0.6 is 0 Å². The van der Waals surface area contributed by atoms with Gasteiger partial charge in [-0.25, -0.2) is 0 Å². The number of aryl methyl sites for hydroxylation is 1. The topological polar surface area (TPSA) is 88.8 Å². The highest BCUT2D eigenvalue weighted by molar-refractivity contribution is 5.84. The van der Waals surface area contributed by atoms with E-state index in [4.69, 9.17) is 9.15 Å². The van der Waals surface area contributed by atoms with Crippen molar-refractivity contribution in [3.8, 4) is 16.9 Å². The number of fused-ring (bicyclic) bond motifs is 1. The number of benzene rings is 2. The van der Waals surface area contributed by atoms with E-state index in [-0.39, 0.29) is 30.6 Å².